The number of benzene rings is 1. The number of hydrogen-bond donors (Lipinski definition) is 4. The van der Waals surface area contributed by atoms with Crippen LogP contribution in [-0.2, 0) is 14.6 Å². The first-order valence-corrected chi connectivity index (χ1v) is 16.9. The summed E-state index contributed by atoms with van der Waals surface area (Å²) in [5.41, 5.74) is -0.925. The number of carboxylic acids is 1. The molecule has 4 saturated carbocycles. The third-order valence-corrected chi connectivity index (χ3v) is 14.3. The fourth-order valence-corrected chi connectivity index (χ4v) is 11.8. The summed E-state index contributed by atoms with van der Waals surface area (Å²) in [6, 6.07) is 6.76. The molecule has 0 saturated heterocycles. The summed E-state index contributed by atoms with van der Waals surface area (Å²) in [7, 11) is -3.67. The lowest BCUT2D eigenvalue weighted by Crippen LogP contribution is -2.63. The molecule has 0 unspecified atom stereocenters. The van der Waals surface area contributed by atoms with Crippen LogP contribution < -0.4 is 0 Å². The average Bonchev–Trinajstić information content (AvgIpc) is 3.22. The zero-order valence-corrected chi connectivity index (χ0v) is 25.2. The van der Waals surface area contributed by atoms with Gasteiger partial charge in [-0.3, -0.25) is 4.79 Å². The van der Waals surface area contributed by atoms with Crippen molar-refractivity contribution in [1.82, 2.24) is 0 Å². The second-order valence-corrected chi connectivity index (χ2v) is 16.5. The van der Waals surface area contributed by atoms with Gasteiger partial charge >= 0.3 is 5.97 Å². The van der Waals surface area contributed by atoms with Crippen LogP contribution in [0.25, 0.3) is 0 Å². The molecule has 0 amide bonds. The maximum Gasteiger partial charge on any atom is 0.303 e. The number of hydrogen-bond acceptors (Lipinski definition) is 6. The van der Waals surface area contributed by atoms with Gasteiger partial charge < -0.3 is 20.4 Å². The molecule has 0 aromatic heterocycles. The first-order valence-electron chi connectivity index (χ1n) is 15.2. The average molecular weight is 577 g/mol. The van der Waals surface area contributed by atoms with E-state index >= 15 is 0 Å². The minimum absolute atomic E-state index is 0.0287. The van der Waals surface area contributed by atoms with Crippen molar-refractivity contribution in [1.29, 1.82) is 0 Å². The topological polar surface area (TPSA) is 132 Å². The van der Waals surface area contributed by atoms with E-state index in [1.807, 2.05) is 6.92 Å². The van der Waals surface area contributed by atoms with Gasteiger partial charge in [0.05, 0.1) is 28.5 Å². The van der Waals surface area contributed by atoms with E-state index in [0.29, 0.717) is 38.5 Å². The Morgan fingerprint density at radius 2 is 1.73 bits per heavy atom. The molecule has 4 N–H and O–H groups in total. The van der Waals surface area contributed by atoms with Crippen LogP contribution in [0.2, 0.25) is 0 Å². The molecule has 0 radical (unpaired) electrons. The van der Waals surface area contributed by atoms with Gasteiger partial charge in [-0.15, -0.1) is 0 Å². The molecule has 7 nitrogen and oxygen atoms in total. The van der Waals surface area contributed by atoms with Crippen LogP contribution in [0.4, 0.5) is 0 Å². The lowest BCUT2D eigenvalue weighted by Gasteiger charge is -2.64. The van der Waals surface area contributed by atoms with Gasteiger partial charge in [-0.2, -0.15) is 0 Å². The van der Waals surface area contributed by atoms with E-state index < -0.39 is 33.6 Å². The van der Waals surface area contributed by atoms with Crippen molar-refractivity contribution in [2.75, 3.05) is 5.75 Å². The summed E-state index contributed by atoms with van der Waals surface area (Å²) in [5, 5.41) is 44.2. The minimum Gasteiger partial charge on any atom is -0.481 e. The maximum atomic E-state index is 13.2. The lowest BCUT2D eigenvalue weighted by atomic mass is 9.42. The number of carboxylic acid groups (broad SMARTS) is 1. The van der Waals surface area contributed by atoms with Gasteiger partial charge in [0.25, 0.3) is 0 Å². The first-order chi connectivity index (χ1) is 18.6. The Bertz CT molecular complexity index is 1210. The predicted molar refractivity (Wildman–Crippen MR) is 152 cm³/mol. The van der Waals surface area contributed by atoms with E-state index in [4.69, 9.17) is 0 Å². The molecule has 1 aromatic carbocycles. The van der Waals surface area contributed by atoms with Crippen LogP contribution in [-0.4, -0.2) is 58.4 Å². The summed E-state index contributed by atoms with van der Waals surface area (Å²) < 4.78 is 26.5. The summed E-state index contributed by atoms with van der Waals surface area (Å²) in [6.07, 6.45) is 3.99. The number of carbonyl (C=O) groups is 1. The smallest absolute Gasteiger partial charge is 0.303 e. The number of aryl methyl sites for hydroxylation is 1. The third-order valence-electron chi connectivity index (χ3n) is 12.4. The molecule has 1 aromatic rings. The Morgan fingerprint density at radius 3 is 2.38 bits per heavy atom. The molecule has 8 heteroatoms. The number of fused-ring (bicyclic) bond motifs is 5. The third kappa shape index (κ3) is 4.95. The van der Waals surface area contributed by atoms with E-state index in [1.165, 1.54) is 0 Å². The highest BCUT2D eigenvalue weighted by Gasteiger charge is 2.66. The highest BCUT2D eigenvalue weighted by atomic mass is 32.2. The Labute approximate surface area is 239 Å². The molecular formula is C32H48O7S. The largest absolute Gasteiger partial charge is 0.481 e. The van der Waals surface area contributed by atoms with Crippen molar-refractivity contribution in [2.24, 2.45) is 46.3 Å². The highest BCUT2D eigenvalue weighted by Crippen LogP contribution is 2.69. The van der Waals surface area contributed by atoms with E-state index in [2.05, 4.69) is 20.8 Å². The van der Waals surface area contributed by atoms with Crippen molar-refractivity contribution >= 4 is 15.8 Å². The molecule has 0 aliphatic heterocycles. The van der Waals surface area contributed by atoms with Crippen LogP contribution in [0.15, 0.2) is 29.2 Å². The zero-order chi connectivity index (χ0) is 29.3. The lowest BCUT2D eigenvalue weighted by molar-refractivity contribution is -0.213. The second-order valence-electron chi connectivity index (χ2n) is 14.5. The summed E-state index contributed by atoms with van der Waals surface area (Å²) in [5.74, 6) is -0.432. The number of sulfone groups is 1. The number of aliphatic carboxylic acids is 1. The van der Waals surface area contributed by atoms with Gasteiger partial charge in [0, 0.05) is 6.42 Å². The summed E-state index contributed by atoms with van der Waals surface area (Å²) in [6.45, 7) is 8.43. The predicted octanol–water partition coefficient (Wildman–Crippen LogP) is 4.60. The van der Waals surface area contributed by atoms with Crippen LogP contribution in [0.3, 0.4) is 0 Å². The molecule has 4 aliphatic carbocycles. The van der Waals surface area contributed by atoms with E-state index in [-0.39, 0.29) is 63.4 Å². The standard InChI is InChI=1S/C32H48O7S/c1-19-5-8-22(9-6-19)40(38,39)18-32(37)14-13-30(3)21(17-32)15-26(33)29-24-11-10-23(20(2)7-12-28(35)36)31(24,4)27(34)16-25(29)30/h5-6,8-9,20-21,23-27,29,33-34,37H,7,10-18H2,1-4H3,(H,35,36)/t20-,21-,23-,24+,25+,26-,27+,29+,30+,31-,32-/m1/s1. The van der Waals surface area contributed by atoms with Gasteiger partial charge in [0.2, 0.25) is 0 Å². The molecule has 4 aliphatic rings. The summed E-state index contributed by atoms with van der Waals surface area (Å²) in [4.78, 5) is 11.4. The SMILES string of the molecule is Cc1ccc(S(=O)(=O)C[C@@]2(O)CC[C@@]3(C)[C@H](C[C@@H](O)[C@@H]4[C@@H]3C[C@H](O)[C@]3(C)[C@@H]([C@H](C)CCC(=O)O)CC[C@@H]43)C2)cc1. The molecule has 224 valence electrons. The van der Waals surface area contributed by atoms with Crippen LogP contribution in [0, 0.1) is 53.3 Å². The van der Waals surface area contributed by atoms with Crippen molar-refractivity contribution in [2.45, 2.75) is 108 Å². The molecule has 40 heavy (non-hydrogen) atoms. The van der Waals surface area contributed by atoms with Crippen LogP contribution in [0.5, 0.6) is 0 Å². The van der Waals surface area contributed by atoms with Crippen LogP contribution in [0.1, 0.15) is 84.1 Å². The van der Waals surface area contributed by atoms with Gasteiger partial charge in [-0.25, -0.2) is 8.42 Å². The zero-order valence-electron chi connectivity index (χ0n) is 24.4. The molecule has 5 rings (SSSR count). The Hall–Kier alpha value is -1.48. The fourth-order valence-electron chi connectivity index (χ4n) is 10.1. The van der Waals surface area contributed by atoms with E-state index in [0.717, 1.165) is 18.4 Å². The molecule has 0 bridgehead atoms. The van der Waals surface area contributed by atoms with Gasteiger partial charge in [0.1, 0.15) is 0 Å². The molecule has 0 spiro atoms. The van der Waals surface area contributed by atoms with E-state index in [1.54, 1.807) is 24.3 Å². The summed E-state index contributed by atoms with van der Waals surface area (Å²) >= 11 is 0. The number of rotatable bonds is 7. The van der Waals surface area contributed by atoms with Crippen molar-refractivity contribution in [3.05, 3.63) is 29.8 Å². The Morgan fingerprint density at radius 1 is 1.05 bits per heavy atom. The minimum atomic E-state index is -3.67. The normalized spacial score (nSPS) is 43.8. The number of aliphatic hydroxyl groups excluding tert-OH is 2. The van der Waals surface area contributed by atoms with Crippen molar-refractivity contribution in [3.8, 4) is 0 Å². The van der Waals surface area contributed by atoms with Crippen LogP contribution >= 0.6 is 0 Å². The van der Waals surface area contributed by atoms with E-state index in [9.17, 15) is 33.6 Å². The maximum absolute atomic E-state index is 13.2. The molecule has 0 heterocycles. The molecule has 4 fully saturated rings. The van der Waals surface area contributed by atoms with Crippen molar-refractivity contribution < 1.29 is 33.6 Å². The highest BCUT2D eigenvalue weighted by molar-refractivity contribution is 7.91. The number of aliphatic hydroxyl groups is 3. The van der Waals surface area contributed by atoms with Gasteiger partial charge in [0.15, 0.2) is 9.84 Å². The molecule has 11 atom stereocenters. The van der Waals surface area contributed by atoms with Gasteiger partial charge in [-0.05, 0) is 117 Å². The first kappa shape index (κ1) is 30.0. The fraction of sp³-hybridized carbons (Fsp3) is 0.781. The Kier molecular flexibility index (Phi) is 7.76. The monoisotopic (exact) mass is 576 g/mol. The van der Waals surface area contributed by atoms with Crippen molar-refractivity contribution in [3.63, 3.8) is 0 Å². The quantitative estimate of drug-likeness (QED) is 0.373. The Balaban J connectivity index is 1.36. The van der Waals surface area contributed by atoms with Gasteiger partial charge in [-0.1, -0.05) is 38.5 Å². The second kappa shape index (κ2) is 10.4. The molecular weight excluding hydrogens is 528 g/mol.